The first-order valence-corrected chi connectivity index (χ1v) is 12.1. The molecule has 0 saturated carbocycles. The second kappa shape index (κ2) is 8.64. The predicted molar refractivity (Wildman–Crippen MR) is 128 cm³/mol. The summed E-state index contributed by atoms with van der Waals surface area (Å²) in [4.78, 5) is 17.3. The SMILES string of the molecule is CSc1nc2ccccc2n1-c1nccc(OCCSc2nc3ccccc3[nH]2)c1C. The molecular formula is C23H21N5OS2. The Morgan fingerprint density at radius 2 is 1.81 bits per heavy atom. The molecule has 2 aromatic carbocycles. The van der Waals surface area contributed by atoms with Crippen LogP contribution in [-0.4, -0.2) is 43.1 Å². The van der Waals surface area contributed by atoms with Crippen molar-refractivity contribution in [2.45, 2.75) is 17.2 Å². The maximum absolute atomic E-state index is 6.11. The molecule has 0 aliphatic carbocycles. The average molecular weight is 448 g/mol. The lowest BCUT2D eigenvalue weighted by atomic mass is 10.2. The van der Waals surface area contributed by atoms with Crippen molar-refractivity contribution in [1.82, 2.24) is 24.5 Å². The first kappa shape index (κ1) is 20.0. The summed E-state index contributed by atoms with van der Waals surface area (Å²) in [7, 11) is 0. The van der Waals surface area contributed by atoms with Crippen molar-refractivity contribution in [3.63, 3.8) is 0 Å². The van der Waals surface area contributed by atoms with Gasteiger partial charge in [-0.1, -0.05) is 47.8 Å². The Hall–Kier alpha value is -2.97. The summed E-state index contributed by atoms with van der Waals surface area (Å²) in [6.07, 6.45) is 3.83. The highest BCUT2D eigenvalue weighted by atomic mass is 32.2. The fraction of sp³-hybridized carbons (Fsp3) is 0.174. The number of fused-ring (bicyclic) bond motifs is 2. The van der Waals surface area contributed by atoms with E-state index < -0.39 is 0 Å². The number of nitrogens with one attached hydrogen (secondary N) is 1. The Balaban J connectivity index is 1.33. The van der Waals surface area contributed by atoms with Gasteiger partial charge >= 0.3 is 0 Å². The first-order chi connectivity index (χ1) is 15.2. The van der Waals surface area contributed by atoms with Gasteiger partial charge in [-0.25, -0.2) is 15.0 Å². The topological polar surface area (TPSA) is 68.6 Å². The highest BCUT2D eigenvalue weighted by molar-refractivity contribution is 7.99. The Kier molecular flexibility index (Phi) is 5.57. The van der Waals surface area contributed by atoms with Crippen LogP contribution >= 0.6 is 23.5 Å². The van der Waals surface area contributed by atoms with Crippen LogP contribution in [0.25, 0.3) is 27.9 Å². The third-order valence-electron chi connectivity index (χ3n) is 5.00. The number of benzene rings is 2. The highest BCUT2D eigenvalue weighted by Gasteiger charge is 2.16. The number of nitrogens with zero attached hydrogens (tertiary/aromatic N) is 4. The lowest BCUT2D eigenvalue weighted by Crippen LogP contribution is -2.06. The van der Waals surface area contributed by atoms with Crippen LogP contribution in [0, 0.1) is 6.92 Å². The number of rotatable bonds is 7. The summed E-state index contributed by atoms with van der Waals surface area (Å²) < 4.78 is 8.22. The quantitative estimate of drug-likeness (QED) is 0.262. The highest BCUT2D eigenvalue weighted by Crippen LogP contribution is 2.30. The molecule has 0 spiro atoms. The van der Waals surface area contributed by atoms with Crippen LogP contribution in [0.4, 0.5) is 0 Å². The minimum Gasteiger partial charge on any atom is -0.492 e. The van der Waals surface area contributed by atoms with Crippen LogP contribution in [-0.2, 0) is 0 Å². The molecule has 1 N–H and O–H groups in total. The lowest BCUT2D eigenvalue weighted by Gasteiger charge is -2.14. The van der Waals surface area contributed by atoms with Crippen LogP contribution in [0.3, 0.4) is 0 Å². The molecule has 0 aliphatic rings. The molecule has 0 amide bonds. The van der Waals surface area contributed by atoms with Gasteiger partial charge in [-0.15, -0.1) is 0 Å². The van der Waals surface area contributed by atoms with Crippen LogP contribution in [0.5, 0.6) is 5.75 Å². The van der Waals surface area contributed by atoms with E-state index in [4.69, 9.17) is 9.72 Å². The zero-order valence-corrected chi connectivity index (χ0v) is 18.8. The van der Waals surface area contributed by atoms with Crippen molar-refractivity contribution < 1.29 is 4.74 Å². The fourth-order valence-corrected chi connectivity index (χ4v) is 4.78. The Morgan fingerprint density at radius 3 is 2.65 bits per heavy atom. The first-order valence-electron chi connectivity index (χ1n) is 9.92. The molecule has 3 aromatic heterocycles. The molecule has 0 unspecified atom stereocenters. The number of thioether (sulfide) groups is 2. The van der Waals surface area contributed by atoms with E-state index in [1.54, 1.807) is 29.7 Å². The van der Waals surface area contributed by atoms with E-state index in [9.17, 15) is 0 Å². The Labute approximate surface area is 188 Å². The van der Waals surface area contributed by atoms with E-state index in [-0.39, 0.29) is 0 Å². The summed E-state index contributed by atoms with van der Waals surface area (Å²) in [6.45, 7) is 2.62. The predicted octanol–water partition coefficient (Wildman–Crippen LogP) is 5.50. The van der Waals surface area contributed by atoms with Gasteiger partial charge in [0.2, 0.25) is 0 Å². The minimum atomic E-state index is 0.575. The largest absolute Gasteiger partial charge is 0.492 e. The minimum absolute atomic E-state index is 0.575. The van der Waals surface area contributed by atoms with Crippen molar-refractivity contribution in [1.29, 1.82) is 0 Å². The molecule has 0 aliphatic heterocycles. The summed E-state index contributed by atoms with van der Waals surface area (Å²) in [5, 5.41) is 1.82. The average Bonchev–Trinajstić information content (AvgIpc) is 3.38. The van der Waals surface area contributed by atoms with Crippen molar-refractivity contribution >= 4 is 45.6 Å². The van der Waals surface area contributed by atoms with Gasteiger partial charge in [-0.05, 0) is 43.5 Å². The van der Waals surface area contributed by atoms with Crippen LogP contribution in [0.15, 0.2) is 71.1 Å². The number of aromatic amines is 1. The molecule has 0 bridgehead atoms. The fourth-order valence-electron chi connectivity index (χ4n) is 3.52. The smallest absolute Gasteiger partial charge is 0.174 e. The standard InChI is InChI=1S/C23H21N5OS2/c1-15-20(29-13-14-31-22-25-16-7-3-4-8-17(16)26-22)11-12-24-21(15)28-19-10-6-5-9-18(19)27-23(28)30-2/h3-12H,13-14H2,1-2H3,(H,25,26). The van der Waals surface area contributed by atoms with Gasteiger partial charge < -0.3 is 9.72 Å². The van der Waals surface area contributed by atoms with Gasteiger partial charge in [0.1, 0.15) is 11.6 Å². The molecule has 5 aromatic rings. The second-order valence-corrected chi connectivity index (χ2v) is 8.79. The molecule has 8 heteroatoms. The monoisotopic (exact) mass is 447 g/mol. The normalized spacial score (nSPS) is 11.4. The molecule has 0 fully saturated rings. The van der Waals surface area contributed by atoms with Gasteiger partial charge in [-0.2, -0.15) is 0 Å². The molecule has 0 radical (unpaired) electrons. The van der Waals surface area contributed by atoms with Crippen molar-refractivity contribution in [2.24, 2.45) is 0 Å². The molecule has 31 heavy (non-hydrogen) atoms. The Morgan fingerprint density at radius 1 is 1.00 bits per heavy atom. The lowest BCUT2D eigenvalue weighted by molar-refractivity contribution is 0.341. The maximum Gasteiger partial charge on any atom is 0.174 e. The zero-order chi connectivity index (χ0) is 21.2. The third-order valence-corrected chi connectivity index (χ3v) is 6.48. The van der Waals surface area contributed by atoms with Crippen LogP contribution in [0.2, 0.25) is 0 Å². The van der Waals surface area contributed by atoms with Gasteiger partial charge in [0, 0.05) is 17.5 Å². The number of ether oxygens (including phenoxy) is 1. The van der Waals surface area contributed by atoms with Crippen molar-refractivity contribution in [3.8, 4) is 11.6 Å². The summed E-state index contributed by atoms with van der Waals surface area (Å²) in [5.41, 5.74) is 5.03. The number of hydrogen-bond acceptors (Lipinski definition) is 6. The zero-order valence-electron chi connectivity index (χ0n) is 17.2. The second-order valence-electron chi connectivity index (χ2n) is 6.94. The number of aromatic nitrogens is 5. The molecule has 156 valence electrons. The molecule has 0 atom stereocenters. The van der Waals surface area contributed by atoms with Crippen LogP contribution < -0.4 is 4.74 Å². The summed E-state index contributed by atoms with van der Waals surface area (Å²) in [6, 6.07) is 18.1. The molecular weight excluding hydrogens is 426 g/mol. The number of hydrogen-bond donors (Lipinski definition) is 1. The van der Waals surface area contributed by atoms with E-state index in [1.807, 2.05) is 61.7 Å². The summed E-state index contributed by atoms with van der Waals surface area (Å²) >= 11 is 3.26. The number of imidazole rings is 2. The van der Waals surface area contributed by atoms with Crippen molar-refractivity contribution in [2.75, 3.05) is 18.6 Å². The van der Waals surface area contributed by atoms with E-state index in [2.05, 4.69) is 25.6 Å². The van der Waals surface area contributed by atoms with Gasteiger partial charge in [0.25, 0.3) is 0 Å². The van der Waals surface area contributed by atoms with E-state index >= 15 is 0 Å². The van der Waals surface area contributed by atoms with Crippen molar-refractivity contribution in [3.05, 3.63) is 66.4 Å². The van der Waals surface area contributed by atoms with E-state index in [1.165, 1.54) is 0 Å². The van der Waals surface area contributed by atoms with Gasteiger partial charge in [0.15, 0.2) is 10.3 Å². The summed E-state index contributed by atoms with van der Waals surface area (Å²) in [5.74, 6) is 2.47. The van der Waals surface area contributed by atoms with E-state index in [0.29, 0.717) is 6.61 Å². The van der Waals surface area contributed by atoms with E-state index in [0.717, 1.165) is 55.3 Å². The van der Waals surface area contributed by atoms with Crippen LogP contribution in [0.1, 0.15) is 5.56 Å². The maximum atomic E-state index is 6.11. The van der Waals surface area contributed by atoms with Gasteiger partial charge in [-0.3, -0.25) is 4.57 Å². The molecule has 6 nitrogen and oxygen atoms in total. The molecule has 5 rings (SSSR count). The number of H-pyrrole nitrogens is 1. The number of para-hydroxylation sites is 4. The third kappa shape index (κ3) is 3.88. The molecule has 3 heterocycles. The molecule has 0 saturated heterocycles. The number of pyridine rings is 1. The van der Waals surface area contributed by atoms with Gasteiger partial charge in [0.05, 0.1) is 28.7 Å². The Bertz CT molecular complexity index is 1330.